The number of pyridine rings is 2. The van der Waals surface area contributed by atoms with E-state index in [2.05, 4.69) is 79.3 Å². The Bertz CT molecular complexity index is 2600. The van der Waals surface area contributed by atoms with Gasteiger partial charge in [-0.3, -0.25) is 0 Å². The van der Waals surface area contributed by atoms with E-state index >= 15 is 0 Å². The van der Waals surface area contributed by atoms with Gasteiger partial charge in [0.1, 0.15) is 11.5 Å². The molecule has 1 radical (unpaired) electrons. The molecule has 4 nitrogen and oxygen atoms in total. The summed E-state index contributed by atoms with van der Waals surface area (Å²) in [5.74, 6) is 3.34. The molecule has 0 saturated heterocycles. The molecule has 0 unspecified atom stereocenters. The van der Waals surface area contributed by atoms with Crippen LogP contribution in [-0.2, 0) is 25.5 Å². The minimum Gasteiger partial charge on any atom is -0.503 e. The summed E-state index contributed by atoms with van der Waals surface area (Å²) in [6.07, 6.45) is 3.23. The van der Waals surface area contributed by atoms with Crippen molar-refractivity contribution in [2.45, 2.75) is 39.9 Å². The van der Waals surface area contributed by atoms with Gasteiger partial charge in [-0.2, -0.15) is 0 Å². The van der Waals surface area contributed by atoms with Crippen molar-refractivity contribution in [3.8, 4) is 56.6 Å². The fourth-order valence-corrected chi connectivity index (χ4v) is 6.59. The van der Waals surface area contributed by atoms with Gasteiger partial charge in [-0.25, -0.2) is 0 Å². The Labute approximate surface area is 328 Å². The van der Waals surface area contributed by atoms with Crippen molar-refractivity contribution < 1.29 is 37.8 Å². The van der Waals surface area contributed by atoms with E-state index < -0.39 is 13.7 Å². The zero-order valence-electron chi connectivity index (χ0n) is 34.8. The molecule has 0 aliphatic carbocycles. The van der Waals surface area contributed by atoms with Crippen LogP contribution in [0, 0.1) is 25.8 Å². The minimum atomic E-state index is -2.29. The normalized spacial score (nSPS) is 14.2. The van der Waals surface area contributed by atoms with Crippen LogP contribution in [0.4, 0.5) is 0 Å². The van der Waals surface area contributed by atoms with E-state index in [1.54, 1.807) is 12.1 Å². The molecule has 0 bridgehead atoms. The van der Waals surface area contributed by atoms with Gasteiger partial charge in [-0.15, -0.1) is 47.5 Å². The van der Waals surface area contributed by atoms with Gasteiger partial charge in [0, 0.05) is 52.2 Å². The van der Waals surface area contributed by atoms with E-state index in [4.69, 9.17) is 17.7 Å². The molecule has 0 spiro atoms. The summed E-state index contributed by atoms with van der Waals surface area (Å²) in [5.41, 5.74) is 9.21. The maximum atomic E-state index is 7.76. The van der Waals surface area contributed by atoms with Crippen LogP contribution < -0.4 is 25.9 Å². The Morgan fingerprint density at radius 1 is 0.692 bits per heavy atom. The van der Waals surface area contributed by atoms with Crippen LogP contribution in [-0.4, -0.2) is 16.7 Å². The summed E-state index contributed by atoms with van der Waals surface area (Å²) in [5, 5.41) is 0. The summed E-state index contributed by atoms with van der Waals surface area (Å²) in [6.45, 7) is 2.20. The van der Waals surface area contributed by atoms with Crippen molar-refractivity contribution >= 4 is 23.1 Å². The Hall–Kier alpha value is -5.29. The molecule has 0 saturated carbocycles. The third kappa shape index (κ3) is 6.73. The first-order valence-corrected chi connectivity index (χ1v) is 16.8. The van der Waals surface area contributed by atoms with Crippen LogP contribution in [0.3, 0.4) is 0 Å². The Balaban J connectivity index is 0.000000177. The first kappa shape index (κ1) is 28.3. The van der Waals surface area contributed by atoms with Crippen molar-refractivity contribution in [3.63, 3.8) is 0 Å². The smallest absolute Gasteiger partial charge is 0.239 e. The van der Waals surface area contributed by atoms with Crippen molar-refractivity contribution in [1.29, 1.82) is 0 Å². The number of rotatable bonds is 3. The SMILES string of the molecule is CC(C)(C)c1ccnc(-c2[c-]cc3c4c2Oc2ccccc2B4c2ccccc2O3)c1.[2H]C([2H])([2H])c1c[c-]c(-c2cc(-c3ccccc3)c(C([2H])([2H])[2H])cn2)cc1.[Ir]. The summed E-state index contributed by atoms with van der Waals surface area (Å²) >= 11 is 0. The Kier molecular flexibility index (Phi) is 7.83. The summed E-state index contributed by atoms with van der Waals surface area (Å²) in [6, 6.07) is 44.5. The van der Waals surface area contributed by atoms with Crippen molar-refractivity contribution in [2.75, 3.05) is 0 Å². The molecule has 0 amide bonds. The number of ether oxygens (including phenoxy) is 2. The second-order valence-corrected chi connectivity index (χ2v) is 13.6. The average Bonchev–Trinajstić information content (AvgIpc) is 3.20. The van der Waals surface area contributed by atoms with E-state index in [-0.39, 0.29) is 43.4 Å². The number of aryl methyl sites for hydroxylation is 2. The number of fused-ring (bicyclic) bond motifs is 4. The Morgan fingerprint density at radius 3 is 2.12 bits per heavy atom. The third-order valence-electron chi connectivity index (χ3n) is 9.22. The summed E-state index contributed by atoms with van der Waals surface area (Å²) in [7, 11) is 0. The number of hydrogen-bond acceptors (Lipinski definition) is 4. The molecule has 0 atom stereocenters. The van der Waals surface area contributed by atoms with Crippen LogP contribution in [0.5, 0.6) is 23.0 Å². The average molecular weight is 859 g/mol. The monoisotopic (exact) mass is 859 g/mol. The van der Waals surface area contributed by atoms with Crippen molar-refractivity contribution in [2.24, 2.45) is 0 Å². The van der Waals surface area contributed by atoms with Gasteiger partial charge in [-0.1, -0.05) is 118 Å². The van der Waals surface area contributed by atoms with Gasteiger partial charge in [0.15, 0.2) is 0 Å². The van der Waals surface area contributed by atoms with Gasteiger partial charge in [0.25, 0.3) is 0 Å². The summed E-state index contributed by atoms with van der Waals surface area (Å²) in [4.78, 5) is 8.94. The predicted molar refractivity (Wildman–Crippen MR) is 208 cm³/mol. The molecular weight excluding hydrogens is 816 g/mol. The largest absolute Gasteiger partial charge is 0.503 e. The van der Waals surface area contributed by atoms with E-state index in [1.165, 1.54) is 23.9 Å². The fraction of sp³-hybridized carbons (Fsp3) is 0.130. The zero-order chi connectivity index (χ0) is 40.1. The van der Waals surface area contributed by atoms with Gasteiger partial charge >= 0.3 is 0 Å². The standard InChI is InChI=1S/C27H21BNO2.C19H16N.Ir/c1-27(2,3)17-14-15-29-21(16-17)18-12-13-24-25-26(18)31-23-11-7-5-9-20(23)28(25)19-8-4-6-10-22(19)30-24;1-14-8-10-17(11-9-14)19-12-18(15(2)13-20-19)16-6-4-3-5-7-16;/h4-11,13-16H,1-3H3;3-10,12-13H,1-2H3;/q2*-1;/i;1D3,2D3;. The van der Waals surface area contributed by atoms with Crippen molar-refractivity contribution in [3.05, 3.63) is 163 Å². The Morgan fingerprint density at radius 2 is 1.42 bits per heavy atom. The van der Waals surface area contributed by atoms with Crippen LogP contribution >= 0.6 is 0 Å². The number of nitrogens with zero attached hydrogens (tertiary/aromatic N) is 2. The van der Waals surface area contributed by atoms with Crippen LogP contribution in [0.25, 0.3) is 33.6 Å². The van der Waals surface area contributed by atoms with Gasteiger partial charge in [0.05, 0.1) is 0 Å². The molecular formula is C46H37BIrN2O2-2. The van der Waals surface area contributed by atoms with Crippen LogP contribution in [0.2, 0.25) is 0 Å². The van der Waals surface area contributed by atoms with E-state index in [1.807, 2.05) is 66.9 Å². The zero-order valence-corrected chi connectivity index (χ0v) is 31.2. The van der Waals surface area contributed by atoms with Crippen LogP contribution in [0.1, 0.15) is 45.7 Å². The molecule has 9 rings (SSSR count). The van der Waals surface area contributed by atoms with E-state index in [9.17, 15) is 0 Å². The molecule has 2 aliphatic rings. The first-order chi connectivity index (χ1) is 27.2. The molecule has 2 aliphatic heterocycles. The molecule has 0 fully saturated rings. The molecule has 5 aromatic carbocycles. The first-order valence-electron chi connectivity index (χ1n) is 19.8. The molecule has 2 aromatic heterocycles. The van der Waals surface area contributed by atoms with Gasteiger partial charge < -0.3 is 19.4 Å². The van der Waals surface area contributed by atoms with Gasteiger partial charge in [-0.05, 0) is 75.0 Å². The quantitative estimate of drug-likeness (QED) is 0.131. The van der Waals surface area contributed by atoms with Crippen LogP contribution in [0.15, 0.2) is 134 Å². The molecule has 0 N–H and O–H groups in total. The minimum absolute atomic E-state index is 0. The summed E-state index contributed by atoms with van der Waals surface area (Å²) < 4.78 is 58.3. The maximum Gasteiger partial charge on any atom is 0.239 e. The van der Waals surface area contributed by atoms with Gasteiger partial charge in [0.2, 0.25) is 6.71 Å². The maximum absolute atomic E-state index is 7.76. The molecule has 52 heavy (non-hydrogen) atoms. The second-order valence-electron chi connectivity index (χ2n) is 13.6. The topological polar surface area (TPSA) is 44.2 Å². The predicted octanol–water partition coefficient (Wildman–Crippen LogP) is 9.40. The van der Waals surface area contributed by atoms with E-state index in [0.717, 1.165) is 56.2 Å². The molecule has 257 valence electrons. The number of aromatic nitrogens is 2. The third-order valence-corrected chi connectivity index (χ3v) is 9.22. The van der Waals surface area contributed by atoms with E-state index in [0.29, 0.717) is 16.8 Å². The number of benzene rings is 5. The molecule has 7 aromatic rings. The number of para-hydroxylation sites is 2. The number of hydrogen-bond donors (Lipinski definition) is 0. The second kappa shape index (κ2) is 14.4. The molecule has 4 heterocycles. The fourth-order valence-electron chi connectivity index (χ4n) is 6.59. The van der Waals surface area contributed by atoms with Crippen molar-refractivity contribution in [1.82, 2.24) is 9.97 Å². The molecule has 6 heteroatoms.